The number of benzene rings is 1. The third kappa shape index (κ3) is 3.69. The van der Waals surface area contributed by atoms with Crippen LogP contribution in [0.3, 0.4) is 0 Å². The van der Waals surface area contributed by atoms with Crippen LogP contribution in [0, 0.1) is 11.8 Å². The molecule has 1 amide bonds. The molecule has 0 heterocycles. The summed E-state index contributed by atoms with van der Waals surface area (Å²) in [6.45, 7) is 0.536. The molecule has 4 aliphatic rings. The van der Waals surface area contributed by atoms with Crippen LogP contribution >= 0.6 is 0 Å². The molecule has 1 aromatic carbocycles. The summed E-state index contributed by atoms with van der Waals surface area (Å²) < 4.78 is 0. The Kier molecular flexibility index (Phi) is 6.17. The lowest BCUT2D eigenvalue weighted by atomic mass is 9.57. The number of aromatic hydroxyl groups is 1. The standard InChI is InChI=1S/C27H33N3O7/c1-30(2)21-16-10-13-9-15-12(11-29-14-5-3-4-6-14)7-8-17(31)19(15)22(32)18(13)24(34)27(16,37)25(35)20(23(21)33)26(28)36/h7-8,13-14,16,21,29,31-32,35,37H,3-6,9-11H2,1-2H3,(H2,28,36)/t13-,16-,21?,27-/m1/s1. The van der Waals surface area contributed by atoms with Crippen LogP contribution in [-0.2, 0) is 27.3 Å². The van der Waals surface area contributed by atoms with Crippen molar-refractivity contribution < 1.29 is 34.8 Å². The zero-order valence-corrected chi connectivity index (χ0v) is 21.0. The Morgan fingerprint density at radius 2 is 1.84 bits per heavy atom. The second-order valence-corrected chi connectivity index (χ2v) is 10.9. The first kappa shape index (κ1) is 25.4. The molecule has 37 heavy (non-hydrogen) atoms. The van der Waals surface area contributed by atoms with Gasteiger partial charge in [-0.25, -0.2) is 0 Å². The van der Waals surface area contributed by atoms with Gasteiger partial charge in [0.25, 0.3) is 5.91 Å². The molecule has 10 heteroatoms. The molecule has 2 saturated carbocycles. The highest BCUT2D eigenvalue weighted by Crippen LogP contribution is 2.52. The average Bonchev–Trinajstić information content (AvgIpc) is 3.34. The molecule has 0 saturated heterocycles. The summed E-state index contributed by atoms with van der Waals surface area (Å²) in [5.41, 5.74) is 3.50. The number of carbonyl (C=O) groups is 3. The zero-order valence-electron chi connectivity index (χ0n) is 21.0. The molecule has 0 radical (unpaired) electrons. The number of Topliss-reactive ketones (excluding diaryl/α,β-unsaturated/α-hetero) is 2. The summed E-state index contributed by atoms with van der Waals surface area (Å²) in [6, 6.07) is 2.58. The summed E-state index contributed by atoms with van der Waals surface area (Å²) in [5, 5.41) is 48.1. The molecule has 7 N–H and O–H groups in total. The van der Waals surface area contributed by atoms with Crippen molar-refractivity contribution in [2.45, 2.75) is 62.8 Å². The number of nitrogens with one attached hydrogen (secondary N) is 1. The van der Waals surface area contributed by atoms with Crippen LogP contribution in [-0.4, -0.2) is 74.6 Å². The lowest BCUT2D eigenvalue weighted by molar-refractivity contribution is -0.153. The van der Waals surface area contributed by atoms with Crippen molar-refractivity contribution in [2.75, 3.05) is 14.1 Å². The molecule has 0 bridgehead atoms. The fourth-order valence-corrected chi connectivity index (χ4v) is 6.86. The van der Waals surface area contributed by atoms with Gasteiger partial charge in [0.2, 0.25) is 5.78 Å². The van der Waals surface area contributed by atoms with Gasteiger partial charge >= 0.3 is 0 Å². The smallest absolute Gasteiger partial charge is 0.255 e. The fourth-order valence-electron chi connectivity index (χ4n) is 6.86. The monoisotopic (exact) mass is 511 g/mol. The summed E-state index contributed by atoms with van der Waals surface area (Å²) >= 11 is 0. The molecule has 4 aliphatic carbocycles. The van der Waals surface area contributed by atoms with Crippen molar-refractivity contribution in [3.8, 4) is 5.75 Å². The van der Waals surface area contributed by atoms with Crippen molar-refractivity contribution in [3.05, 3.63) is 45.7 Å². The first-order chi connectivity index (χ1) is 17.5. The van der Waals surface area contributed by atoms with Crippen molar-refractivity contribution in [3.63, 3.8) is 0 Å². The molecule has 1 aromatic rings. The van der Waals surface area contributed by atoms with Crippen LogP contribution in [0.2, 0.25) is 0 Å². The number of primary amides is 1. The summed E-state index contributed by atoms with van der Waals surface area (Å²) in [6.07, 6.45) is 4.92. The molecule has 0 spiro atoms. The number of nitrogens with two attached hydrogens (primary N) is 1. The van der Waals surface area contributed by atoms with Crippen molar-refractivity contribution >= 4 is 23.2 Å². The number of hydrogen-bond donors (Lipinski definition) is 6. The lowest BCUT2D eigenvalue weighted by Crippen LogP contribution is -2.65. The molecular formula is C27H33N3O7. The topological polar surface area (TPSA) is 173 Å². The molecule has 10 nitrogen and oxygen atoms in total. The highest BCUT2D eigenvalue weighted by molar-refractivity contribution is 6.24. The number of amides is 1. The van der Waals surface area contributed by atoms with Crippen molar-refractivity contribution in [1.29, 1.82) is 0 Å². The first-order valence-electron chi connectivity index (χ1n) is 12.7. The fraction of sp³-hybridized carbons (Fsp3) is 0.519. The molecule has 198 valence electrons. The van der Waals surface area contributed by atoms with E-state index < -0.39 is 58.0 Å². The maximum atomic E-state index is 13.8. The predicted molar refractivity (Wildman–Crippen MR) is 133 cm³/mol. The summed E-state index contributed by atoms with van der Waals surface area (Å²) in [4.78, 5) is 40.6. The van der Waals surface area contributed by atoms with Crippen molar-refractivity contribution in [2.24, 2.45) is 17.6 Å². The van der Waals surface area contributed by atoms with Gasteiger partial charge in [-0.3, -0.25) is 19.3 Å². The number of likely N-dealkylation sites (N-methyl/N-ethyl adjacent to an activating group) is 1. The minimum absolute atomic E-state index is 0.0803. The predicted octanol–water partition coefficient (Wildman–Crippen LogP) is 0.996. The van der Waals surface area contributed by atoms with Crippen LogP contribution < -0.4 is 11.1 Å². The third-order valence-corrected chi connectivity index (χ3v) is 8.64. The van der Waals surface area contributed by atoms with E-state index in [1.165, 1.54) is 23.8 Å². The largest absolute Gasteiger partial charge is 0.508 e. The Bertz CT molecular complexity index is 1260. The number of carbonyl (C=O) groups excluding carboxylic acids is 3. The Morgan fingerprint density at radius 1 is 1.16 bits per heavy atom. The second kappa shape index (κ2) is 8.97. The van der Waals surface area contributed by atoms with Gasteiger partial charge in [0.1, 0.15) is 22.8 Å². The number of phenolic OH excluding ortho intramolecular Hbond substituents is 1. The highest BCUT2D eigenvalue weighted by atomic mass is 16.3. The average molecular weight is 512 g/mol. The lowest BCUT2D eigenvalue weighted by Gasteiger charge is -2.50. The van der Waals surface area contributed by atoms with Gasteiger partial charge in [-0.1, -0.05) is 18.9 Å². The maximum absolute atomic E-state index is 13.8. The summed E-state index contributed by atoms with van der Waals surface area (Å²) in [7, 11) is 3.16. The molecule has 2 fully saturated rings. The van der Waals surface area contributed by atoms with Gasteiger partial charge < -0.3 is 31.5 Å². The van der Waals surface area contributed by atoms with E-state index in [4.69, 9.17) is 5.73 Å². The summed E-state index contributed by atoms with van der Waals surface area (Å²) in [5.74, 6) is -6.41. The number of aliphatic hydroxyl groups excluding tert-OH is 2. The molecule has 4 atom stereocenters. The van der Waals surface area contributed by atoms with E-state index in [1.54, 1.807) is 20.2 Å². The van der Waals surface area contributed by atoms with Crippen LogP contribution in [0.1, 0.15) is 48.8 Å². The Morgan fingerprint density at radius 3 is 2.46 bits per heavy atom. The molecule has 0 aliphatic heterocycles. The zero-order chi connectivity index (χ0) is 26.8. The number of hydrogen-bond acceptors (Lipinski definition) is 9. The Labute approximate surface area is 214 Å². The molecular weight excluding hydrogens is 478 g/mol. The third-order valence-electron chi connectivity index (χ3n) is 8.64. The van der Waals surface area contributed by atoms with Crippen LogP contribution in [0.15, 0.2) is 29.0 Å². The number of aliphatic hydroxyl groups is 3. The second-order valence-electron chi connectivity index (χ2n) is 10.9. The van der Waals surface area contributed by atoms with E-state index in [0.29, 0.717) is 24.6 Å². The van der Waals surface area contributed by atoms with E-state index in [-0.39, 0.29) is 23.3 Å². The quantitative estimate of drug-likeness (QED) is 0.315. The number of ketones is 2. The van der Waals surface area contributed by atoms with E-state index in [2.05, 4.69) is 5.32 Å². The number of fused-ring (bicyclic) bond motifs is 3. The van der Waals surface area contributed by atoms with Crippen LogP contribution in [0.5, 0.6) is 5.75 Å². The normalized spacial score (nSPS) is 30.0. The minimum atomic E-state index is -2.62. The molecule has 1 unspecified atom stereocenters. The van der Waals surface area contributed by atoms with E-state index in [1.807, 2.05) is 0 Å². The van der Waals surface area contributed by atoms with Crippen LogP contribution in [0.25, 0.3) is 5.76 Å². The SMILES string of the molecule is CN(C)C1C(=O)C(C(N)=O)=C(O)[C@]2(O)C(=O)C3=C(O)c4c(O)ccc(CNC5CCCC5)c4C[C@@H]3C[C@H]12. The van der Waals surface area contributed by atoms with E-state index in [0.717, 1.165) is 18.4 Å². The van der Waals surface area contributed by atoms with Crippen LogP contribution in [0.4, 0.5) is 0 Å². The van der Waals surface area contributed by atoms with Crippen molar-refractivity contribution in [1.82, 2.24) is 10.2 Å². The van der Waals surface area contributed by atoms with Gasteiger partial charge in [-0.15, -0.1) is 0 Å². The maximum Gasteiger partial charge on any atom is 0.255 e. The number of nitrogens with zero attached hydrogens (tertiary/aromatic N) is 1. The van der Waals surface area contributed by atoms with Gasteiger partial charge in [-0.05, 0) is 62.9 Å². The number of rotatable bonds is 5. The number of phenols is 1. The van der Waals surface area contributed by atoms with Gasteiger partial charge in [-0.2, -0.15) is 0 Å². The van der Waals surface area contributed by atoms with Gasteiger partial charge in [0.05, 0.1) is 11.6 Å². The Balaban J connectivity index is 1.62. The van der Waals surface area contributed by atoms with Gasteiger partial charge in [0.15, 0.2) is 11.4 Å². The van der Waals surface area contributed by atoms with E-state index >= 15 is 0 Å². The minimum Gasteiger partial charge on any atom is -0.508 e. The highest BCUT2D eigenvalue weighted by Gasteiger charge is 2.64. The molecule has 5 rings (SSSR count). The van der Waals surface area contributed by atoms with Gasteiger partial charge in [0, 0.05) is 24.1 Å². The van der Waals surface area contributed by atoms with E-state index in [9.17, 15) is 34.8 Å². The molecule has 0 aromatic heterocycles. The Hall–Kier alpha value is -3.21. The first-order valence-corrected chi connectivity index (χ1v) is 12.7.